The molecule has 1 aromatic carbocycles. The summed E-state index contributed by atoms with van der Waals surface area (Å²) in [6.07, 6.45) is 1.84. The van der Waals surface area contributed by atoms with Gasteiger partial charge >= 0.3 is 0 Å². The summed E-state index contributed by atoms with van der Waals surface area (Å²) in [6, 6.07) is 4.90. The first-order chi connectivity index (χ1) is 14.2. The zero-order valence-electron chi connectivity index (χ0n) is 17.3. The molecule has 0 radical (unpaired) electrons. The maximum Gasteiger partial charge on any atom is 0.228 e. The molecule has 1 atom stereocenters. The van der Waals surface area contributed by atoms with E-state index in [2.05, 4.69) is 4.72 Å². The molecule has 2 amide bonds. The average molecular weight is 458 g/mol. The van der Waals surface area contributed by atoms with Crippen molar-refractivity contribution < 1.29 is 22.7 Å². The lowest BCUT2D eigenvalue weighted by Gasteiger charge is -2.33. The summed E-state index contributed by atoms with van der Waals surface area (Å²) >= 11 is 6.08. The van der Waals surface area contributed by atoms with Crippen molar-refractivity contribution in [2.45, 2.75) is 38.6 Å². The highest BCUT2D eigenvalue weighted by Crippen LogP contribution is 2.35. The van der Waals surface area contributed by atoms with Crippen molar-refractivity contribution in [3.63, 3.8) is 0 Å². The highest BCUT2D eigenvalue weighted by atomic mass is 35.5. The quantitative estimate of drug-likeness (QED) is 0.675. The molecular formula is C20H28ClN3O5S. The fourth-order valence-electron chi connectivity index (χ4n) is 4.04. The minimum Gasteiger partial charge on any atom is -0.495 e. The van der Waals surface area contributed by atoms with Gasteiger partial charge in [-0.25, -0.2) is 13.1 Å². The van der Waals surface area contributed by atoms with Crippen molar-refractivity contribution in [2.24, 2.45) is 5.92 Å². The fourth-order valence-corrected chi connectivity index (χ4v) is 5.60. The number of ether oxygens (including phenoxy) is 1. The highest BCUT2D eigenvalue weighted by Gasteiger charge is 2.39. The van der Waals surface area contributed by atoms with Gasteiger partial charge in [0.1, 0.15) is 5.75 Å². The zero-order valence-corrected chi connectivity index (χ0v) is 18.8. The van der Waals surface area contributed by atoms with Crippen LogP contribution in [0.5, 0.6) is 5.75 Å². The minimum absolute atomic E-state index is 0.0679. The zero-order chi connectivity index (χ0) is 21.9. The van der Waals surface area contributed by atoms with E-state index >= 15 is 0 Å². The molecule has 2 fully saturated rings. The van der Waals surface area contributed by atoms with Gasteiger partial charge in [-0.3, -0.25) is 9.59 Å². The van der Waals surface area contributed by atoms with E-state index < -0.39 is 15.9 Å². The van der Waals surface area contributed by atoms with Crippen molar-refractivity contribution in [1.82, 2.24) is 9.62 Å². The molecule has 0 aromatic heterocycles. The number of rotatable bonds is 7. The number of carbonyl (C=O) groups is 2. The van der Waals surface area contributed by atoms with E-state index in [1.807, 2.05) is 6.92 Å². The van der Waals surface area contributed by atoms with Crippen LogP contribution in [0.2, 0.25) is 5.02 Å². The third kappa shape index (κ3) is 5.25. The van der Waals surface area contributed by atoms with E-state index in [9.17, 15) is 18.0 Å². The predicted molar refractivity (Wildman–Crippen MR) is 115 cm³/mol. The number of carbonyl (C=O) groups excluding carboxylic acids is 2. The van der Waals surface area contributed by atoms with Crippen LogP contribution in [0.15, 0.2) is 18.2 Å². The second-order valence-corrected chi connectivity index (χ2v) is 10.1. The predicted octanol–water partition coefficient (Wildman–Crippen LogP) is 2.02. The van der Waals surface area contributed by atoms with Crippen molar-refractivity contribution in [2.75, 3.05) is 37.4 Å². The molecule has 1 N–H and O–H groups in total. The number of methoxy groups -OCH3 is 1. The van der Waals surface area contributed by atoms with E-state index in [0.717, 1.165) is 0 Å². The van der Waals surface area contributed by atoms with Gasteiger partial charge in [-0.1, -0.05) is 18.5 Å². The van der Waals surface area contributed by atoms with Crippen LogP contribution in [-0.4, -0.2) is 63.7 Å². The Hall–Kier alpha value is -1.84. The summed E-state index contributed by atoms with van der Waals surface area (Å²) in [5, 5.41) is 0.487. The molecule has 10 heteroatoms. The van der Waals surface area contributed by atoms with Gasteiger partial charge in [0, 0.05) is 37.1 Å². The van der Waals surface area contributed by atoms with Gasteiger partial charge in [-0.2, -0.15) is 0 Å². The van der Waals surface area contributed by atoms with Crippen LogP contribution in [0.1, 0.15) is 32.6 Å². The number of hydrogen-bond acceptors (Lipinski definition) is 5. The molecule has 1 unspecified atom stereocenters. The average Bonchev–Trinajstić information content (AvgIpc) is 3.09. The molecule has 1 aromatic rings. The van der Waals surface area contributed by atoms with Gasteiger partial charge in [0.15, 0.2) is 0 Å². The third-order valence-corrected chi connectivity index (χ3v) is 7.40. The van der Waals surface area contributed by atoms with E-state index in [1.54, 1.807) is 28.0 Å². The number of piperidine rings is 1. The van der Waals surface area contributed by atoms with E-state index in [1.165, 1.54) is 7.11 Å². The lowest BCUT2D eigenvalue weighted by atomic mass is 10.0. The lowest BCUT2D eigenvalue weighted by Crippen LogP contribution is -2.48. The Kier molecular flexibility index (Phi) is 7.26. The number of likely N-dealkylation sites (tertiary alicyclic amines) is 1. The molecule has 0 bridgehead atoms. The molecule has 3 rings (SSSR count). The van der Waals surface area contributed by atoms with Gasteiger partial charge in [0.2, 0.25) is 21.8 Å². The summed E-state index contributed by atoms with van der Waals surface area (Å²) in [4.78, 5) is 28.9. The number of benzene rings is 1. The second kappa shape index (κ2) is 9.53. The Morgan fingerprint density at radius 2 is 2.00 bits per heavy atom. The number of amides is 2. The number of nitrogens with one attached hydrogen (secondary N) is 1. The summed E-state index contributed by atoms with van der Waals surface area (Å²) < 4.78 is 32.0. The first-order valence-electron chi connectivity index (χ1n) is 10.2. The largest absolute Gasteiger partial charge is 0.495 e. The molecule has 2 aliphatic heterocycles. The minimum atomic E-state index is -3.27. The number of hydrogen-bond donors (Lipinski definition) is 1. The maximum absolute atomic E-state index is 13.0. The molecule has 0 aliphatic carbocycles. The van der Waals surface area contributed by atoms with Crippen LogP contribution < -0.4 is 14.4 Å². The SMILES string of the molecule is CCCS(=O)(=O)NC1CCN(C(=O)C2CC(=O)N(c3cc(Cl)ccc3OC)C2)CC1. The third-order valence-electron chi connectivity index (χ3n) is 5.53. The van der Waals surface area contributed by atoms with Crippen molar-refractivity contribution in [3.05, 3.63) is 23.2 Å². The molecule has 8 nitrogen and oxygen atoms in total. The van der Waals surface area contributed by atoms with Gasteiger partial charge in [0.25, 0.3) is 0 Å². The van der Waals surface area contributed by atoms with Crippen molar-refractivity contribution in [3.8, 4) is 5.75 Å². The molecule has 166 valence electrons. The van der Waals surface area contributed by atoms with Crippen LogP contribution in [0.4, 0.5) is 5.69 Å². The standard InChI is InChI=1S/C20H28ClN3O5S/c1-3-10-30(27,28)22-16-6-8-23(9-7-16)20(26)14-11-19(25)24(13-14)17-12-15(21)4-5-18(17)29-2/h4-5,12,14,16,22H,3,6-11,13H2,1-2H3. The molecule has 0 spiro atoms. The number of nitrogens with zero attached hydrogens (tertiary/aromatic N) is 2. The van der Waals surface area contributed by atoms with Crippen LogP contribution >= 0.6 is 11.6 Å². The normalized spacial score (nSPS) is 20.6. The second-order valence-electron chi connectivity index (χ2n) is 7.76. The van der Waals surface area contributed by atoms with Crippen LogP contribution in [-0.2, 0) is 19.6 Å². The van der Waals surface area contributed by atoms with Gasteiger partial charge in [-0.05, 0) is 37.5 Å². The number of sulfonamides is 1. The van der Waals surface area contributed by atoms with Crippen molar-refractivity contribution >= 4 is 39.1 Å². The van der Waals surface area contributed by atoms with E-state index in [-0.39, 0.29) is 36.6 Å². The van der Waals surface area contributed by atoms with Crippen LogP contribution in [0.3, 0.4) is 0 Å². The van der Waals surface area contributed by atoms with E-state index in [4.69, 9.17) is 16.3 Å². The number of halogens is 1. The molecule has 30 heavy (non-hydrogen) atoms. The Labute approximate surface area is 182 Å². The maximum atomic E-state index is 13.0. The molecule has 2 heterocycles. The summed E-state index contributed by atoms with van der Waals surface area (Å²) in [5.74, 6) is -0.00699. The summed E-state index contributed by atoms with van der Waals surface area (Å²) in [7, 11) is -1.74. The Balaban J connectivity index is 1.60. The summed E-state index contributed by atoms with van der Waals surface area (Å²) in [5.41, 5.74) is 0.564. The smallest absolute Gasteiger partial charge is 0.228 e. The lowest BCUT2D eigenvalue weighted by molar-refractivity contribution is -0.136. The Morgan fingerprint density at radius 1 is 1.30 bits per heavy atom. The molecule has 0 saturated carbocycles. The van der Waals surface area contributed by atoms with E-state index in [0.29, 0.717) is 48.8 Å². The molecule has 2 saturated heterocycles. The molecule has 2 aliphatic rings. The summed E-state index contributed by atoms with van der Waals surface area (Å²) in [6.45, 7) is 3.05. The first kappa shape index (κ1) is 22.8. The first-order valence-corrected chi connectivity index (χ1v) is 12.2. The van der Waals surface area contributed by atoms with Gasteiger partial charge < -0.3 is 14.5 Å². The van der Waals surface area contributed by atoms with Gasteiger partial charge in [-0.15, -0.1) is 0 Å². The fraction of sp³-hybridized carbons (Fsp3) is 0.600. The highest BCUT2D eigenvalue weighted by molar-refractivity contribution is 7.89. The Morgan fingerprint density at radius 3 is 2.63 bits per heavy atom. The van der Waals surface area contributed by atoms with Crippen molar-refractivity contribution in [1.29, 1.82) is 0 Å². The van der Waals surface area contributed by atoms with Crippen LogP contribution in [0.25, 0.3) is 0 Å². The monoisotopic (exact) mass is 457 g/mol. The topological polar surface area (TPSA) is 96.0 Å². The Bertz CT molecular complexity index is 900. The molecular weight excluding hydrogens is 430 g/mol. The number of anilines is 1. The van der Waals surface area contributed by atoms with Gasteiger partial charge in [0.05, 0.1) is 24.5 Å². The van der Waals surface area contributed by atoms with Crippen LogP contribution in [0, 0.1) is 5.92 Å².